The third-order valence-electron chi connectivity index (χ3n) is 5.58. The molecule has 0 radical (unpaired) electrons. The summed E-state index contributed by atoms with van der Waals surface area (Å²) >= 11 is 6.16. The molecule has 2 aromatic carbocycles. The van der Waals surface area contributed by atoms with Gasteiger partial charge in [0.2, 0.25) is 0 Å². The topological polar surface area (TPSA) is 50.8 Å². The van der Waals surface area contributed by atoms with Crippen molar-refractivity contribution in [2.45, 2.75) is 44.4 Å². The van der Waals surface area contributed by atoms with E-state index >= 15 is 0 Å². The Morgan fingerprint density at radius 2 is 1.93 bits per heavy atom. The van der Waals surface area contributed by atoms with E-state index in [-0.39, 0.29) is 23.9 Å². The Labute approximate surface area is 181 Å². The monoisotopic (exact) mass is 432 g/mol. The first-order valence-electron chi connectivity index (χ1n) is 10.3. The normalized spacial score (nSPS) is 17.6. The van der Waals surface area contributed by atoms with E-state index in [1.165, 1.54) is 12.1 Å². The van der Waals surface area contributed by atoms with Crippen molar-refractivity contribution in [2.75, 3.05) is 20.2 Å². The van der Waals surface area contributed by atoms with E-state index in [2.05, 4.69) is 10.2 Å². The molecular formula is C23H26ClFN2O3. The molecule has 30 heavy (non-hydrogen) atoms. The number of hydrogen-bond donors (Lipinski definition) is 1. The maximum atomic E-state index is 13.2. The van der Waals surface area contributed by atoms with Gasteiger partial charge in [-0.15, -0.1) is 0 Å². The highest BCUT2D eigenvalue weighted by Crippen LogP contribution is 2.30. The first-order valence-corrected chi connectivity index (χ1v) is 10.7. The van der Waals surface area contributed by atoms with Gasteiger partial charge < -0.3 is 14.8 Å². The largest absolute Gasteiger partial charge is 0.497 e. The Morgan fingerprint density at radius 3 is 2.60 bits per heavy atom. The molecule has 2 aliphatic rings. The van der Waals surface area contributed by atoms with Crippen LogP contribution in [0, 0.1) is 5.82 Å². The van der Waals surface area contributed by atoms with Gasteiger partial charge in [-0.2, -0.15) is 0 Å². The van der Waals surface area contributed by atoms with Crippen LogP contribution in [0.1, 0.15) is 41.6 Å². The minimum absolute atomic E-state index is 0.0181. The molecule has 0 bridgehead atoms. The number of methoxy groups -OCH3 is 1. The van der Waals surface area contributed by atoms with E-state index < -0.39 is 0 Å². The molecule has 1 aliphatic heterocycles. The highest BCUT2D eigenvalue weighted by Gasteiger charge is 2.27. The van der Waals surface area contributed by atoms with Crippen molar-refractivity contribution in [3.63, 3.8) is 0 Å². The lowest BCUT2D eigenvalue weighted by Crippen LogP contribution is -2.38. The molecule has 0 aromatic heterocycles. The standard InChI is InChI=1S/C23H26ClFN2O3/c1-29-19-6-7-20(23(28)26-17-4-5-17)22(13-19)30-18-8-10-27(11-9-18)14-15-2-3-16(25)12-21(15)24/h2-3,6-7,12-13,17-18H,4-5,8-11,14H2,1H3,(H,26,28). The van der Waals surface area contributed by atoms with Crippen LogP contribution in [0.4, 0.5) is 4.39 Å². The zero-order valence-electron chi connectivity index (χ0n) is 17.0. The maximum Gasteiger partial charge on any atom is 0.255 e. The number of likely N-dealkylation sites (tertiary alicyclic amines) is 1. The van der Waals surface area contributed by atoms with Crippen LogP contribution in [0.15, 0.2) is 36.4 Å². The predicted octanol–water partition coefficient (Wildman–Crippen LogP) is 4.42. The second kappa shape index (κ2) is 9.23. The zero-order chi connectivity index (χ0) is 21.1. The number of carbonyl (C=O) groups excluding carboxylic acids is 1. The number of nitrogens with zero attached hydrogens (tertiary/aromatic N) is 1. The van der Waals surface area contributed by atoms with Gasteiger partial charge in [0.05, 0.1) is 12.7 Å². The van der Waals surface area contributed by atoms with Gasteiger partial charge in [-0.3, -0.25) is 9.69 Å². The van der Waals surface area contributed by atoms with E-state index in [4.69, 9.17) is 21.1 Å². The number of halogens is 2. The SMILES string of the molecule is COc1ccc(C(=O)NC2CC2)c(OC2CCN(Cc3ccc(F)cc3Cl)CC2)c1. The van der Waals surface area contributed by atoms with Crippen molar-refractivity contribution in [1.29, 1.82) is 0 Å². The number of nitrogens with one attached hydrogen (secondary N) is 1. The third-order valence-corrected chi connectivity index (χ3v) is 5.94. The Hall–Kier alpha value is -2.31. The van der Waals surface area contributed by atoms with E-state index in [9.17, 15) is 9.18 Å². The van der Waals surface area contributed by atoms with Crippen LogP contribution >= 0.6 is 11.6 Å². The van der Waals surface area contributed by atoms with Crippen LogP contribution in [-0.2, 0) is 6.54 Å². The zero-order valence-corrected chi connectivity index (χ0v) is 17.8. The number of rotatable bonds is 7. The number of carbonyl (C=O) groups is 1. The third kappa shape index (κ3) is 5.24. The van der Waals surface area contributed by atoms with Gasteiger partial charge in [0.15, 0.2) is 0 Å². The number of ether oxygens (including phenoxy) is 2. The van der Waals surface area contributed by atoms with E-state index in [1.54, 1.807) is 31.4 Å². The summed E-state index contributed by atoms with van der Waals surface area (Å²) in [5.41, 5.74) is 1.47. The van der Waals surface area contributed by atoms with Gasteiger partial charge >= 0.3 is 0 Å². The van der Waals surface area contributed by atoms with Crippen molar-refractivity contribution in [1.82, 2.24) is 10.2 Å². The van der Waals surface area contributed by atoms with Gasteiger partial charge in [0.1, 0.15) is 23.4 Å². The minimum Gasteiger partial charge on any atom is -0.497 e. The molecule has 5 nitrogen and oxygen atoms in total. The van der Waals surface area contributed by atoms with Crippen molar-refractivity contribution >= 4 is 17.5 Å². The average molecular weight is 433 g/mol. The highest BCUT2D eigenvalue weighted by atomic mass is 35.5. The van der Waals surface area contributed by atoms with E-state index in [1.807, 2.05) is 0 Å². The first kappa shape index (κ1) is 20.9. The van der Waals surface area contributed by atoms with Crippen molar-refractivity contribution in [3.05, 3.63) is 58.4 Å². The molecule has 1 saturated carbocycles. The Balaban J connectivity index is 1.37. The summed E-state index contributed by atoms with van der Waals surface area (Å²) in [6, 6.07) is 10.1. The molecule has 0 unspecified atom stereocenters. The fraction of sp³-hybridized carbons (Fsp3) is 0.435. The summed E-state index contributed by atoms with van der Waals surface area (Å²) in [7, 11) is 1.60. The fourth-order valence-corrected chi connectivity index (χ4v) is 3.89. The van der Waals surface area contributed by atoms with Gasteiger partial charge in [0.25, 0.3) is 5.91 Å². The molecule has 2 aromatic rings. The molecule has 1 saturated heterocycles. The number of hydrogen-bond acceptors (Lipinski definition) is 4. The maximum absolute atomic E-state index is 13.2. The second-order valence-electron chi connectivity index (χ2n) is 7.94. The summed E-state index contributed by atoms with van der Waals surface area (Å²) in [5, 5.41) is 3.48. The first-order chi connectivity index (χ1) is 14.5. The molecular weight excluding hydrogens is 407 g/mol. The molecule has 0 atom stereocenters. The molecule has 2 fully saturated rings. The molecule has 4 rings (SSSR count). The number of benzene rings is 2. The molecule has 1 aliphatic carbocycles. The summed E-state index contributed by atoms with van der Waals surface area (Å²) in [4.78, 5) is 14.9. The quantitative estimate of drug-likeness (QED) is 0.703. The Morgan fingerprint density at radius 1 is 1.17 bits per heavy atom. The van der Waals surface area contributed by atoms with Crippen molar-refractivity contribution in [2.24, 2.45) is 0 Å². The lowest BCUT2D eigenvalue weighted by molar-refractivity contribution is 0.0889. The van der Waals surface area contributed by atoms with Gasteiger partial charge in [0, 0.05) is 36.8 Å². The van der Waals surface area contributed by atoms with Crippen LogP contribution < -0.4 is 14.8 Å². The van der Waals surface area contributed by atoms with E-state index in [0.717, 1.165) is 44.3 Å². The second-order valence-corrected chi connectivity index (χ2v) is 8.35. The van der Waals surface area contributed by atoms with Gasteiger partial charge in [-0.05, 0) is 55.5 Å². The Bertz CT molecular complexity index is 911. The Kier molecular flexibility index (Phi) is 6.44. The highest BCUT2D eigenvalue weighted by molar-refractivity contribution is 6.31. The molecule has 1 amide bonds. The molecule has 1 N–H and O–H groups in total. The summed E-state index contributed by atoms with van der Waals surface area (Å²) < 4.78 is 24.8. The smallest absolute Gasteiger partial charge is 0.255 e. The lowest BCUT2D eigenvalue weighted by atomic mass is 10.1. The van der Waals surface area contributed by atoms with Crippen molar-refractivity contribution < 1.29 is 18.7 Å². The predicted molar refractivity (Wildman–Crippen MR) is 114 cm³/mol. The molecule has 0 spiro atoms. The average Bonchev–Trinajstić information content (AvgIpc) is 3.55. The summed E-state index contributed by atoms with van der Waals surface area (Å²) in [5.74, 6) is 0.804. The number of piperidine rings is 1. The lowest BCUT2D eigenvalue weighted by Gasteiger charge is -2.32. The van der Waals surface area contributed by atoms with Crippen LogP contribution in [0.5, 0.6) is 11.5 Å². The molecule has 160 valence electrons. The molecule has 7 heteroatoms. The van der Waals surface area contributed by atoms with Crippen LogP contribution in [0.25, 0.3) is 0 Å². The van der Waals surface area contributed by atoms with Gasteiger partial charge in [-0.25, -0.2) is 4.39 Å². The fourth-order valence-electron chi connectivity index (χ4n) is 3.66. The van der Waals surface area contributed by atoms with E-state index in [0.29, 0.717) is 28.6 Å². The molecule has 1 heterocycles. The van der Waals surface area contributed by atoms with Crippen LogP contribution in [0.2, 0.25) is 5.02 Å². The number of amides is 1. The summed E-state index contributed by atoms with van der Waals surface area (Å²) in [6.07, 6.45) is 3.76. The van der Waals surface area contributed by atoms with Gasteiger partial charge in [-0.1, -0.05) is 17.7 Å². The minimum atomic E-state index is -0.323. The summed E-state index contributed by atoms with van der Waals surface area (Å²) in [6.45, 7) is 2.36. The van der Waals surface area contributed by atoms with Crippen molar-refractivity contribution in [3.8, 4) is 11.5 Å². The van der Waals surface area contributed by atoms with Crippen LogP contribution in [0.3, 0.4) is 0 Å². The van der Waals surface area contributed by atoms with Crippen LogP contribution in [-0.4, -0.2) is 43.2 Å².